The number of aromatic nitrogens is 4. The number of aromatic amines is 1. The second-order valence-electron chi connectivity index (χ2n) is 8.66. The van der Waals surface area contributed by atoms with E-state index in [-0.39, 0.29) is 17.9 Å². The molecule has 170 valence electrons. The Labute approximate surface area is 203 Å². The zero-order valence-corrected chi connectivity index (χ0v) is 18.9. The van der Waals surface area contributed by atoms with Crippen molar-refractivity contribution in [2.45, 2.75) is 17.9 Å². The number of rotatable bonds is 6. The first-order chi connectivity index (χ1) is 17.3. The first-order valence-electron chi connectivity index (χ1n) is 11.6. The Hall–Kier alpha value is -4.58. The van der Waals surface area contributed by atoms with E-state index in [1.807, 2.05) is 84.9 Å². The maximum Gasteiger partial charge on any atom is 0.232 e. The summed E-state index contributed by atoms with van der Waals surface area (Å²) in [7, 11) is 0. The maximum atomic E-state index is 14.2. The molecule has 1 aliphatic carbocycles. The van der Waals surface area contributed by atoms with Crippen LogP contribution in [0.4, 0.5) is 0 Å². The van der Waals surface area contributed by atoms with Gasteiger partial charge >= 0.3 is 0 Å². The van der Waals surface area contributed by atoms with Crippen molar-refractivity contribution in [3.63, 3.8) is 0 Å². The Morgan fingerprint density at radius 3 is 1.74 bits per heavy atom. The number of tetrazole rings is 1. The summed E-state index contributed by atoms with van der Waals surface area (Å²) < 4.78 is 0. The van der Waals surface area contributed by atoms with Crippen molar-refractivity contribution in [3.05, 3.63) is 137 Å². The van der Waals surface area contributed by atoms with Gasteiger partial charge in [-0.05, 0) is 33.4 Å². The molecule has 1 heterocycles. The number of hydrogen-bond donors (Lipinski definition) is 2. The first-order valence-corrected chi connectivity index (χ1v) is 11.6. The summed E-state index contributed by atoms with van der Waals surface area (Å²) in [5, 5.41) is 18.2. The molecule has 0 radical (unpaired) electrons. The Kier molecular flexibility index (Phi) is 5.39. The molecule has 1 unspecified atom stereocenters. The van der Waals surface area contributed by atoms with Gasteiger partial charge in [0.2, 0.25) is 5.91 Å². The van der Waals surface area contributed by atoms with Crippen LogP contribution in [0.15, 0.2) is 109 Å². The number of fused-ring (bicyclic) bond motifs is 3. The molecule has 6 nitrogen and oxygen atoms in total. The second kappa shape index (κ2) is 8.99. The van der Waals surface area contributed by atoms with Crippen molar-refractivity contribution in [3.8, 4) is 11.1 Å². The zero-order chi connectivity index (χ0) is 23.6. The quantitative estimate of drug-likeness (QED) is 0.376. The number of hydrogen-bond acceptors (Lipinski definition) is 4. The fourth-order valence-corrected chi connectivity index (χ4v) is 5.16. The Morgan fingerprint density at radius 2 is 1.23 bits per heavy atom. The van der Waals surface area contributed by atoms with Crippen molar-refractivity contribution >= 4 is 5.91 Å². The number of amides is 1. The predicted octanol–water partition coefficient (Wildman–Crippen LogP) is 5.00. The normalized spacial score (nSPS) is 13.3. The summed E-state index contributed by atoms with van der Waals surface area (Å²) in [5.74, 6) is -0.763. The molecule has 0 bridgehead atoms. The third kappa shape index (κ3) is 3.79. The summed E-state index contributed by atoms with van der Waals surface area (Å²) in [6.07, 6.45) is 0. The number of H-pyrrole nitrogens is 1. The van der Waals surface area contributed by atoms with Crippen LogP contribution in [-0.2, 0) is 4.79 Å². The van der Waals surface area contributed by atoms with Crippen LogP contribution < -0.4 is 5.32 Å². The summed E-state index contributed by atoms with van der Waals surface area (Å²) in [6, 6.07) is 36.2. The molecule has 4 aromatic carbocycles. The third-order valence-corrected chi connectivity index (χ3v) is 6.69. The average molecular weight is 458 g/mol. The number of carbonyl (C=O) groups excluding carboxylic acids is 1. The first kappa shape index (κ1) is 21.0. The largest absolute Gasteiger partial charge is 0.344 e. The van der Waals surface area contributed by atoms with Gasteiger partial charge in [0.1, 0.15) is 5.92 Å². The molecule has 6 rings (SSSR count). The lowest BCUT2D eigenvalue weighted by atomic mass is 9.79. The number of nitrogens with zero attached hydrogens (tertiary/aromatic N) is 3. The minimum atomic E-state index is -0.682. The molecule has 1 aliphatic rings. The van der Waals surface area contributed by atoms with Crippen LogP contribution >= 0.6 is 0 Å². The molecule has 0 saturated heterocycles. The van der Waals surface area contributed by atoms with E-state index in [4.69, 9.17) is 0 Å². The Balaban J connectivity index is 1.44. The molecule has 6 heteroatoms. The smallest absolute Gasteiger partial charge is 0.232 e. The lowest BCUT2D eigenvalue weighted by molar-refractivity contribution is -0.123. The fraction of sp³-hybridized carbons (Fsp3) is 0.103. The van der Waals surface area contributed by atoms with Crippen LogP contribution in [0.25, 0.3) is 11.1 Å². The van der Waals surface area contributed by atoms with Gasteiger partial charge < -0.3 is 5.32 Å². The van der Waals surface area contributed by atoms with Gasteiger partial charge in [0, 0.05) is 5.92 Å². The van der Waals surface area contributed by atoms with E-state index < -0.39 is 5.92 Å². The summed E-state index contributed by atoms with van der Waals surface area (Å²) >= 11 is 0. The van der Waals surface area contributed by atoms with E-state index in [0.29, 0.717) is 5.82 Å². The van der Waals surface area contributed by atoms with Gasteiger partial charge in [0.05, 0.1) is 6.04 Å². The molecule has 2 N–H and O–H groups in total. The number of benzene rings is 4. The van der Waals surface area contributed by atoms with Gasteiger partial charge in [-0.15, -0.1) is 10.2 Å². The highest BCUT2D eigenvalue weighted by atomic mass is 16.2. The molecule has 5 aromatic rings. The minimum Gasteiger partial charge on any atom is -0.344 e. The van der Waals surface area contributed by atoms with Crippen LogP contribution in [0.5, 0.6) is 0 Å². The van der Waals surface area contributed by atoms with Gasteiger partial charge in [-0.3, -0.25) is 4.79 Å². The molecule has 0 fully saturated rings. The second-order valence-corrected chi connectivity index (χ2v) is 8.66. The zero-order valence-electron chi connectivity index (χ0n) is 18.9. The van der Waals surface area contributed by atoms with E-state index in [1.54, 1.807) is 0 Å². The molecule has 1 amide bonds. The summed E-state index contributed by atoms with van der Waals surface area (Å²) in [6.45, 7) is 0. The molecule has 35 heavy (non-hydrogen) atoms. The van der Waals surface area contributed by atoms with Gasteiger partial charge in [0.15, 0.2) is 5.82 Å². The Morgan fingerprint density at radius 1 is 0.714 bits per heavy atom. The van der Waals surface area contributed by atoms with Crippen molar-refractivity contribution in [2.75, 3.05) is 0 Å². The predicted molar refractivity (Wildman–Crippen MR) is 134 cm³/mol. The maximum absolute atomic E-state index is 14.2. The van der Waals surface area contributed by atoms with Gasteiger partial charge in [-0.1, -0.05) is 114 Å². The number of nitrogens with one attached hydrogen (secondary N) is 2. The van der Waals surface area contributed by atoms with E-state index in [9.17, 15) is 4.79 Å². The van der Waals surface area contributed by atoms with Crippen molar-refractivity contribution in [1.29, 1.82) is 0 Å². The number of carbonyl (C=O) groups is 1. The lowest BCUT2D eigenvalue weighted by Gasteiger charge is -2.27. The molecule has 0 spiro atoms. The molecular formula is C29H23N5O. The van der Waals surface area contributed by atoms with Crippen LogP contribution in [0.1, 0.15) is 46.0 Å². The minimum absolute atomic E-state index is 0.152. The highest BCUT2D eigenvalue weighted by Crippen LogP contribution is 2.44. The van der Waals surface area contributed by atoms with E-state index >= 15 is 0 Å². The summed E-state index contributed by atoms with van der Waals surface area (Å²) in [4.78, 5) is 14.2. The van der Waals surface area contributed by atoms with Gasteiger partial charge in [0.25, 0.3) is 0 Å². The third-order valence-electron chi connectivity index (χ3n) is 6.69. The Bertz CT molecular complexity index is 1370. The fourth-order valence-electron chi connectivity index (χ4n) is 5.16. The van der Waals surface area contributed by atoms with Crippen molar-refractivity contribution in [1.82, 2.24) is 25.9 Å². The van der Waals surface area contributed by atoms with Crippen LogP contribution in [-0.4, -0.2) is 26.5 Å². The van der Waals surface area contributed by atoms with E-state index in [2.05, 4.69) is 50.2 Å². The van der Waals surface area contributed by atoms with E-state index in [1.165, 1.54) is 0 Å². The molecule has 1 aromatic heterocycles. The standard InChI is InChI=1S/C29H23N5O/c35-29(30-27-23-17-9-7-15-21(23)22-16-8-10-18-24(22)27)26(28-31-33-34-32-28)25(19-11-3-1-4-12-19)20-13-5-2-6-14-20/h1-18,25-27H,(H,30,35)(H,31,32,33,34). The topological polar surface area (TPSA) is 83.6 Å². The van der Waals surface area contributed by atoms with Crippen LogP contribution in [0.2, 0.25) is 0 Å². The van der Waals surface area contributed by atoms with Gasteiger partial charge in [-0.2, -0.15) is 5.21 Å². The van der Waals surface area contributed by atoms with E-state index in [0.717, 1.165) is 33.4 Å². The van der Waals surface area contributed by atoms with Crippen LogP contribution in [0, 0.1) is 0 Å². The highest BCUT2D eigenvalue weighted by molar-refractivity contribution is 5.88. The molecule has 1 atom stereocenters. The highest BCUT2D eigenvalue weighted by Gasteiger charge is 2.38. The van der Waals surface area contributed by atoms with Crippen LogP contribution in [0.3, 0.4) is 0 Å². The van der Waals surface area contributed by atoms with Crippen molar-refractivity contribution in [2.24, 2.45) is 0 Å². The average Bonchev–Trinajstić information content (AvgIpc) is 3.55. The summed E-state index contributed by atoms with van der Waals surface area (Å²) in [5.41, 5.74) is 6.49. The van der Waals surface area contributed by atoms with Crippen molar-refractivity contribution < 1.29 is 4.79 Å². The SMILES string of the molecule is O=C(NC1c2ccccc2-c2ccccc21)C(c1nn[nH]n1)C(c1ccccc1)c1ccccc1. The molecule has 0 aliphatic heterocycles. The lowest BCUT2D eigenvalue weighted by Crippen LogP contribution is -2.36. The molecule has 0 saturated carbocycles. The van der Waals surface area contributed by atoms with Gasteiger partial charge in [-0.25, -0.2) is 0 Å². The monoisotopic (exact) mass is 457 g/mol. The molecular weight excluding hydrogens is 434 g/mol.